The van der Waals surface area contributed by atoms with E-state index in [0.29, 0.717) is 32.5 Å². The zero-order valence-corrected chi connectivity index (χ0v) is 16.4. The third-order valence-electron chi connectivity index (χ3n) is 5.69. The lowest BCUT2D eigenvalue weighted by molar-refractivity contribution is -0.124. The number of benzene rings is 1. The molecule has 0 bridgehead atoms. The van der Waals surface area contributed by atoms with Gasteiger partial charge >= 0.3 is 0 Å². The fraction of sp³-hybridized carbons (Fsp3) is 0.611. The largest absolute Gasteiger partial charge is 0.354 e. The minimum atomic E-state index is -3.46. The monoisotopic (exact) mass is 386 g/mol. The molecule has 5 nitrogen and oxygen atoms in total. The summed E-state index contributed by atoms with van der Waals surface area (Å²) in [4.78, 5) is 12.8. The van der Waals surface area contributed by atoms with Crippen molar-refractivity contribution < 1.29 is 13.2 Å². The molecule has 0 unspecified atom stereocenters. The quantitative estimate of drug-likeness (QED) is 0.808. The highest BCUT2D eigenvalue weighted by molar-refractivity contribution is 7.92. The molecule has 3 rings (SSSR count). The van der Waals surface area contributed by atoms with Gasteiger partial charge in [0, 0.05) is 18.2 Å². The molecule has 1 aromatic rings. The van der Waals surface area contributed by atoms with Crippen molar-refractivity contribution >= 4 is 28.2 Å². The minimum absolute atomic E-state index is 0. The van der Waals surface area contributed by atoms with Crippen LogP contribution in [0, 0.1) is 6.92 Å². The van der Waals surface area contributed by atoms with Crippen molar-refractivity contribution in [3.05, 3.63) is 35.4 Å². The molecule has 1 amide bonds. The lowest BCUT2D eigenvalue weighted by Crippen LogP contribution is -2.58. The Kier molecular flexibility index (Phi) is 5.86. The number of rotatable bonds is 5. The van der Waals surface area contributed by atoms with Crippen LogP contribution in [-0.2, 0) is 20.0 Å². The number of hydrogen-bond acceptors (Lipinski definition) is 4. The van der Waals surface area contributed by atoms with Crippen LogP contribution in [0.25, 0.3) is 0 Å². The molecule has 0 atom stereocenters. The third kappa shape index (κ3) is 3.71. The summed E-state index contributed by atoms with van der Waals surface area (Å²) in [5.41, 5.74) is 2.47. The van der Waals surface area contributed by atoms with E-state index in [4.69, 9.17) is 0 Å². The van der Waals surface area contributed by atoms with Gasteiger partial charge in [0.1, 0.15) is 0 Å². The smallest absolute Gasteiger partial charge is 0.241 e. The van der Waals surface area contributed by atoms with E-state index in [1.54, 1.807) is 0 Å². The first-order valence-electron chi connectivity index (χ1n) is 8.56. The Morgan fingerprint density at radius 2 is 1.76 bits per heavy atom. The molecule has 25 heavy (non-hydrogen) atoms. The molecule has 1 aromatic carbocycles. The van der Waals surface area contributed by atoms with Crippen molar-refractivity contribution in [2.45, 2.75) is 42.8 Å². The molecule has 140 valence electrons. The van der Waals surface area contributed by atoms with Gasteiger partial charge in [0.2, 0.25) is 5.91 Å². The van der Waals surface area contributed by atoms with Gasteiger partial charge in [0.25, 0.3) is 0 Å². The van der Waals surface area contributed by atoms with Crippen molar-refractivity contribution in [2.24, 2.45) is 0 Å². The summed E-state index contributed by atoms with van der Waals surface area (Å²) in [6, 6.07) is 8.24. The number of amides is 1. The van der Waals surface area contributed by atoms with E-state index < -0.39 is 14.6 Å². The Labute approximate surface area is 156 Å². The predicted molar refractivity (Wildman–Crippen MR) is 102 cm³/mol. The van der Waals surface area contributed by atoms with E-state index in [1.807, 2.05) is 12.1 Å². The highest BCUT2D eigenvalue weighted by Crippen LogP contribution is 2.48. The number of halogens is 1. The second-order valence-corrected chi connectivity index (χ2v) is 9.62. The fourth-order valence-electron chi connectivity index (χ4n) is 3.87. The maximum absolute atomic E-state index is 12.8. The van der Waals surface area contributed by atoms with Gasteiger partial charge in [-0.2, -0.15) is 0 Å². The van der Waals surface area contributed by atoms with Crippen LogP contribution in [-0.4, -0.2) is 45.0 Å². The maximum atomic E-state index is 12.8. The van der Waals surface area contributed by atoms with Crippen LogP contribution in [0.3, 0.4) is 0 Å². The van der Waals surface area contributed by atoms with Crippen LogP contribution in [0.15, 0.2) is 24.3 Å². The Morgan fingerprint density at radius 1 is 1.16 bits per heavy atom. The van der Waals surface area contributed by atoms with Crippen molar-refractivity contribution in [1.82, 2.24) is 10.6 Å². The van der Waals surface area contributed by atoms with E-state index in [-0.39, 0.29) is 23.7 Å². The average Bonchev–Trinajstić information content (AvgIpc) is 3.33. The normalized spacial score (nSPS) is 21.0. The van der Waals surface area contributed by atoms with Crippen LogP contribution in [0.4, 0.5) is 0 Å². The summed E-state index contributed by atoms with van der Waals surface area (Å²) in [6.07, 6.45) is 3.94. The molecule has 0 aromatic heterocycles. The van der Waals surface area contributed by atoms with Crippen LogP contribution < -0.4 is 10.6 Å². The number of piperidine rings is 1. The van der Waals surface area contributed by atoms with Gasteiger partial charge in [-0.05, 0) is 56.8 Å². The van der Waals surface area contributed by atoms with E-state index in [0.717, 1.165) is 12.8 Å². The molecule has 2 aliphatic rings. The number of hydrogen-bond donors (Lipinski definition) is 2. The molecule has 0 radical (unpaired) electrons. The number of aryl methyl sites for hydroxylation is 1. The Bertz CT molecular complexity index is 738. The topological polar surface area (TPSA) is 75.3 Å². The fourth-order valence-corrected chi connectivity index (χ4v) is 5.22. The highest BCUT2D eigenvalue weighted by Gasteiger charge is 2.51. The summed E-state index contributed by atoms with van der Waals surface area (Å²) in [5.74, 6) is -0.327. The zero-order valence-electron chi connectivity index (χ0n) is 14.8. The lowest BCUT2D eigenvalue weighted by atomic mass is 9.91. The first-order chi connectivity index (χ1) is 11.3. The summed E-state index contributed by atoms with van der Waals surface area (Å²) < 4.78 is 23.4. The Morgan fingerprint density at radius 3 is 2.28 bits per heavy atom. The van der Waals surface area contributed by atoms with E-state index in [1.165, 1.54) is 17.4 Å². The standard InChI is InChI=1S/C18H26N2O3S.ClH/c1-14-5-3-4-6-15(14)17(7-8-17)13-20-16(21)18(24(2,22)23)9-11-19-12-10-18;/h3-6,19H,7-13H2,1-2H3,(H,20,21);1H. The van der Waals surface area contributed by atoms with Gasteiger partial charge in [-0.1, -0.05) is 24.3 Å². The van der Waals surface area contributed by atoms with E-state index >= 15 is 0 Å². The third-order valence-corrected chi connectivity index (χ3v) is 7.71. The maximum Gasteiger partial charge on any atom is 0.241 e. The van der Waals surface area contributed by atoms with Gasteiger partial charge < -0.3 is 10.6 Å². The van der Waals surface area contributed by atoms with Crippen LogP contribution in [0.2, 0.25) is 0 Å². The first-order valence-corrected chi connectivity index (χ1v) is 10.4. The van der Waals surface area contributed by atoms with Crippen LogP contribution >= 0.6 is 12.4 Å². The predicted octanol–water partition coefficient (Wildman–Crippen LogP) is 1.73. The van der Waals surface area contributed by atoms with E-state index in [2.05, 4.69) is 29.7 Å². The van der Waals surface area contributed by atoms with Gasteiger partial charge in [0.15, 0.2) is 14.6 Å². The number of nitrogens with one attached hydrogen (secondary N) is 2. The summed E-state index contributed by atoms with van der Waals surface area (Å²) >= 11 is 0. The highest BCUT2D eigenvalue weighted by atomic mass is 35.5. The van der Waals surface area contributed by atoms with Crippen LogP contribution in [0.5, 0.6) is 0 Å². The SMILES string of the molecule is Cc1ccccc1C1(CNC(=O)C2(S(C)(=O)=O)CCNCC2)CC1.Cl. The molecule has 1 aliphatic heterocycles. The second kappa shape index (κ2) is 7.25. The molecule has 7 heteroatoms. The van der Waals surface area contributed by atoms with Crippen molar-refractivity contribution in [1.29, 1.82) is 0 Å². The zero-order chi connectivity index (χ0) is 17.4. The van der Waals surface area contributed by atoms with Crippen molar-refractivity contribution in [3.63, 3.8) is 0 Å². The van der Waals surface area contributed by atoms with Gasteiger partial charge in [0.05, 0.1) is 0 Å². The molecule has 1 saturated heterocycles. The number of sulfone groups is 1. The molecule has 2 fully saturated rings. The number of carbonyl (C=O) groups excluding carboxylic acids is 1. The number of carbonyl (C=O) groups is 1. The molecular formula is C18H27ClN2O3S. The Hall–Kier alpha value is -1.11. The second-order valence-electron chi connectivity index (χ2n) is 7.29. The summed E-state index contributed by atoms with van der Waals surface area (Å²) in [7, 11) is -3.46. The van der Waals surface area contributed by atoms with Gasteiger partial charge in [-0.25, -0.2) is 8.42 Å². The van der Waals surface area contributed by atoms with Crippen molar-refractivity contribution in [3.8, 4) is 0 Å². The van der Waals surface area contributed by atoms with E-state index in [9.17, 15) is 13.2 Å². The van der Waals surface area contributed by atoms with Gasteiger partial charge in [-0.3, -0.25) is 4.79 Å². The molecule has 1 saturated carbocycles. The summed E-state index contributed by atoms with van der Waals surface area (Å²) in [6.45, 7) is 3.72. The molecule has 0 spiro atoms. The molecule has 1 aliphatic carbocycles. The van der Waals surface area contributed by atoms with Gasteiger partial charge in [-0.15, -0.1) is 12.4 Å². The molecule has 2 N–H and O–H groups in total. The average molecular weight is 387 g/mol. The molecular weight excluding hydrogens is 360 g/mol. The summed E-state index contributed by atoms with van der Waals surface area (Å²) in [5, 5.41) is 6.12. The van der Waals surface area contributed by atoms with Crippen molar-refractivity contribution in [2.75, 3.05) is 25.9 Å². The lowest BCUT2D eigenvalue weighted by Gasteiger charge is -2.35. The van der Waals surface area contributed by atoms with Crippen LogP contribution in [0.1, 0.15) is 36.8 Å². The molecule has 1 heterocycles. The Balaban J connectivity index is 0.00000225. The first kappa shape index (κ1) is 20.2. The minimum Gasteiger partial charge on any atom is -0.354 e.